The number of benzene rings is 1. The van der Waals surface area contributed by atoms with Gasteiger partial charge in [-0.1, -0.05) is 0 Å². The lowest BCUT2D eigenvalue weighted by Gasteiger charge is -2.31. The predicted molar refractivity (Wildman–Crippen MR) is 99.6 cm³/mol. The van der Waals surface area contributed by atoms with Gasteiger partial charge in [0.05, 0.1) is 30.5 Å². The van der Waals surface area contributed by atoms with Gasteiger partial charge in [-0.3, -0.25) is 14.3 Å². The predicted octanol–water partition coefficient (Wildman–Crippen LogP) is 1.36. The van der Waals surface area contributed by atoms with Gasteiger partial charge < -0.3 is 24.5 Å². The van der Waals surface area contributed by atoms with E-state index in [1.807, 2.05) is 24.3 Å². The number of H-pyrrole nitrogens is 1. The third kappa shape index (κ3) is 3.51. The number of carbonyl (C=O) groups is 2. The molecule has 1 atom stereocenters. The molecule has 0 bridgehead atoms. The lowest BCUT2D eigenvalue weighted by atomic mass is 9.92. The number of carbonyl (C=O) groups excluding carboxylic acids is 1. The van der Waals surface area contributed by atoms with E-state index in [-0.39, 0.29) is 25.1 Å². The summed E-state index contributed by atoms with van der Waals surface area (Å²) in [6.07, 6.45) is 5.48. The van der Waals surface area contributed by atoms with Gasteiger partial charge in [0, 0.05) is 36.8 Å². The molecule has 0 fully saturated rings. The molecular formula is C19H19N5O5. The molecule has 2 N–H and O–H groups in total. The zero-order valence-corrected chi connectivity index (χ0v) is 15.6. The van der Waals surface area contributed by atoms with Gasteiger partial charge in [0.25, 0.3) is 12.4 Å². The fraction of sp³-hybridized carbons (Fsp3) is 0.263. The SMILES string of the molecule is Cn1cc(C2CN(C(=O)c3ccc4c(c3)OCO4)Cc3[nH]cnc32)cn1.O=CO. The van der Waals surface area contributed by atoms with Crippen LogP contribution in [-0.4, -0.2) is 55.5 Å². The van der Waals surface area contributed by atoms with Crippen LogP contribution in [0.3, 0.4) is 0 Å². The van der Waals surface area contributed by atoms with Crippen molar-refractivity contribution in [2.75, 3.05) is 13.3 Å². The van der Waals surface area contributed by atoms with Crippen LogP contribution < -0.4 is 9.47 Å². The minimum atomic E-state index is -0.250. The first-order chi connectivity index (χ1) is 14.1. The van der Waals surface area contributed by atoms with Crippen molar-refractivity contribution in [3.63, 3.8) is 0 Å². The monoisotopic (exact) mass is 397 g/mol. The molecule has 29 heavy (non-hydrogen) atoms. The molecule has 2 aliphatic rings. The van der Waals surface area contributed by atoms with E-state index in [1.165, 1.54) is 0 Å². The molecule has 4 heterocycles. The van der Waals surface area contributed by atoms with Crippen molar-refractivity contribution in [1.29, 1.82) is 0 Å². The van der Waals surface area contributed by atoms with Crippen LogP contribution in [0.2, 0.25) is 0 Å². The highest BCUT2D eigenvalue weighted by molar-refractivity contribution is 5.95. The minimum Gasteiger partial charge on any atom is -0.483 e. The summed E-state index contributed by atoms with van der Waals surface area (Å²) in [7, 11) is 1.88. The molecular weight excluding hydrogens is 378 g/mol. The molecule has 0 radical (unpaired) electrons. The van der Waals surface area contributed by atoms with Gasteiger partial charge in [0.1, 0.15) is 0 Å². The molecule has 3 aromatic rings. The molecule has 2 aliphatic heterocycles. The molecule has 0 saturated heterocycles. The van der Waals surface area contributed by atoms with Crippen molar-refractivity contribution in [2.24, 2.45) is 7.05 Å². The van der Waals surface area contributed by atoms with Crippen LogP contribution in [-0.2, 0) is 18.4 Å². The Kier molecular flexibility index (Phi) is 4.90. The number of aromatic amines is 1. The number of fused-ring (bicyclic) bond motifs is 2. The Morgan fingerprint density at radius 2 is 2.14 bits per heavy atom. The number of aromatic nitrogens is 4. The number of rotatable bonds is 2. The van der Waals surface area contributed by atoms with Crippen molar-refractivity contribution in [3.05, 3.63) is 59.4 Å². The summed E-state index contributed by atoms with van der Waals surface area (Å²) >= 11 is 0. The van der Waals surface area contributed by atoms with Gasteiger partial charge in [-0.2, -0.15) is 5.10 Å². The van der Waals surface area contributed by atoms with Gasteiger partial charge >= 0.3 is 0 Å². The van der Waals surface area contributed by atoms with Crippen LogP contribution in [0.4, 0.5) is 0 Å². The van der Waals surface area contributed by atoms with Crippen LogP contribution in [0, 0.1) is 0 Å². The molecule has 0 saturated carbocycles. The van der Waals surface area contributed by atoms with Crippen molar-refractivity contribution in [2.45, 2.75) is 12.5 Å². The number of imidazole rings is 1. The van der Waals surface area contributed by atoms with Crippen molar-refractivity contribution >= 4 is 12.4 Å². The molecule has 0 spiro atoms. The fourth-order valence-corrected chi connectivity index (χ4v) is 3.57. The largest absolute Gasteiger partial charge is 0.483 e. The zero-order chi connectivity index (χ0) is 20.4. The summed E-state index contributed by atoms with van der Waals surface area (Å²) in [6, 6.07) is 5.30. The zero-order valence-electron chi connectivity index (χ0n) is 15.6. The minimum absolute atomic E-state index is 0.00309. The molecule has 1 aromatic carbocycles. The maximum atomic E-state index is 13.1. The number of nitrogens with zero attached hydrogens (tertiary/aromatic N) is 4. The molecule has 1 unspecified atom stereocenters. The lowest BCUT2D eigenvalue weighted by molar-refractivity contribution is -0.122. The number of hydrogen-bond donors (Lipinski definition) is 2. The third-order valence-electron chi connectivity index (χ3n) is 4.87. The van der Waals surface area contributed by atoms with Crippen LogP contribution in [0.25, 0.3) is 0 Å². The maximum Gasteiger partial charge on any atom is 0.290 e. The second-order valence-corrected chi connectivity index (χ2v) is 6.63. The standard InChI is InChI=1S/C18H17N5O3.CH2O2/c1-22-6-12(5-21-22)13-7-23(8-14-17(13)20-9-19-14)18(24)11-2-3-15-16(4-11)26-10-25-15;2-1-3/h2-6,9,13H,7-8,10H2,1H3,(H,19,20);1H,(H,2,3). The lowest BCUT2D eigenvalue weighted by Crippen LogP contribution is -2.38. The summed E-state index contributed by atoms with van der Waals surface area (Å²) in [6.45, 7) is 0.994. The van der Waals surface area contributed by atoms with Crippen molar-refractivity contribution in [1.82, 2.24) is 24.6 Å². The van der Waals surface area contributed by atoms with E-state index >= 15 is 0 Å². The number of amides is 1. The normalized spacial score (nSPS) is 16.6. The molecule has 1 amide bonds. The van der Waals surface area contributed by atoms with E-state index in [0.717, 1.165) is 17.0 Å². The maximum absolute atomic E-state index is 13.1. The highest BCUT2D eigenvalue weighted by Crippen LogP contribution is 2.35. The van der Waals surface area contributed by atoms with Gasteiger partial charge in [-0.15, -0.1) is 0 Å². The van der Waals surface area contributed by atoms with E-state index in [2.05, 4.69) is 15.1 Å². The Bertz CT molecular complexity index is 1040. The summed E-state index contributed by atoms with van der Waals surface area (Å²) in [4.78, 5) is 30.9. The van der Waals surface area contributed by atoms with E-state index in [4.69, 9.17) is 19.4 Å². The number of ether oxygens (including phenoxy) is 2. The van der Waals surface area contributed by atoms with Crippen LogP contribution in [0.1, 0.15) is 33.2 Å². The summed E-state index contributed by atoms with van der Waals surface area (Å²) in [5, 5.41) is 11.2. The first kappa shape index (κ1) is 18.5. The van der Waals surface area contributed by atoms with Gasteiger partial charge in [-0.05, 0) is 18.2 Å². The molecule has 150 valence electrons. The van der Waals surface area contributed by atoms with Gasteiger partial charge in [0.15, 0.2) is 11.5 Å². The van der Waals surface area contributed by atoms with E-state index in [0.29, 0.717) is 30.2 Å². The average Bonchev–Trinajstić information content (AvgIpc) is 3.46. The van der Waals surface area contributed by atoms with Crippen LogP contribution >= 0.6 is 0 Å². The summed E-state index contributed by atoms with van der Waals surface area (Å²) in [5.74, 6) is 1.23. The van der Waals surface area contributed by atoms with Gasteiger partial charge in [-0.25, -0.2) is 4.98 Å². The van der Waals surface area contributed by atoms with Gasteiger partial charge in [0.2, 0.25) is 6.79 Å². The third-order valence-corrected chi connectivity index (χ3v) is 4.87. The summed E-state index contributed by atoms with van der Waals surface area (Å²) in [5.41, 5.74) is 3.57. The Balaban J connectivity index is 0.000000645. The number of hydrogen-bond acceptors (Lipinski definition) is 6. The fourth-order valence-electron chi connectivity index (χ4n) is 3.57. The Labute approximate surface area is 165 Å². The van der Waals surface area contributed by atoms with E-state index in [9.17, 15) is 4.79 Å². The molecule has 10 nitrogen and oxygen atoms in total. The van der Waals surface area contributed by atoms with Crippen LogP contribution in [0.15, 0.2) is 36.9 Å². The highest BCUT2D eigenvalue weighted by atomic mass is 16.7. The van der Waals surface area contributed by atoms with E-state index < -0.39 is 0 Å². The quantitative estimate of drug-likeness (QED) is 0.626. The van der Waals surface area contributed by atoms with Crippen molar-refractivity contribution < 1.29 is 24.2 Å². The first-order valence-corrected chi connectivity index (χ1v) is 8.88. The number of carboxylic acid groups (broad SMARTS) is 1. The second-order valence-electron chi connectivity index (χ2n) is 6.63. The smallest absolute Gasteiger partial charge is 0.290 e. The Morgan fingerprint density at radius 1 is 1.34 bits per heavy atom. The summed E-state index contributed by atoms with van der Waals surface area (Å²) < 4.78 is 12.5. The topological polar surface area (TPSA) is 123 Å². The number of nitrogens with one attached hydrogen (secondary N) is 1. The average molecular weight is 397 g/mol. The molecule has 5 rings (SSSR count). The molecule has 2 aromatic heterocycles. The molecule has 0 aliphatic carbocycles. The Hall–Kier alpha value is -3.82. The van der Waals surface area contributed by atoms with Crippen molar-refractivity contribution in [3.8, 4) is 11.5 Å². The molecule has 10 heteroatoms. The second kappa shape index (κ2) is 7.66. The highest BCUT2D eigenvalue weighted by Gasteiger charge is 2.32. The van der Waals surface area contributed by atoms with Crippen LogP contribution in [0.5, 0.6) is 11.5 Å². The van der Waals surface area contributed by atoms with E-state index in [1.54, 1.807) is 29.2 Å². The number of aryl methyl sites for hydroxylation is 1. The Morgan fingerprint density at radius 3 is 2.90 bits per heavy atom. The first-order valence-electron chi connectivity index (χ1n) is 8.88.